The van der Waals surface area contributed by atoms with Crippen LogP contribution >= 0.6 is 9.39 Å². The summed E-state index contributed by atoms with van der Waals surface area (Å²) in [5, 5.41) is 6.57. The van der Waals surface area contributed by atoms with E-state index < -0.39 is 9.39 Å². The Kier molecular flexibility index (Phi) is 17.6. The van der Waals surface area contributed by atoms with Crippen LogP contribution in [0.25, 0.3) is 5.70 Å². The second kappa shape index (κ2) is 19.1. The first-order chi connectivity index (χ1) is 19.0. The van der Waals surface area contributed by atoms with Crippen LogP contribution in [0.15, 0.2) is 52.9 Å². The van der Waals surface area contributed by atoms with Crippen molar-refractivity contribution in [2.24, 2.45) is 4.99 Å². The van der Waals surface area contributed by atoms with Crippen molar-refractivity contribution in [3.8, 4) is 0 Å². The predicted octanol–water partition coefficient (Wildman–Crippen LogP) is 6.91. The number of hydrogen-bond acceptors (Lipinski definition) is 5. The summed E-state index contributed by atoms with van der Waals surface area (Å²) in [7, 11) is 0.108. The highest BCUT2D eigenvalue weighted by Crippen LogP contribution is 2.30. The predicted molar refractivity (Wildman–Crippen MR) is 184 cm³/mol. The number of anilines is 1. The lowest BCUT2D eigenvalue weighted by Crippen LogP contribution is -2.37. The van der Waals surface area contributed by atoms with Crippen molar-refractivity contribution < 1.29 is 0 Å². The molecule has 5 N–H and O–H groups in total. The Morgan fingerprint density at radius 1 is 0.975 bits per heavy atom. The van der Waals surface area contributed by atoms with Gasteiger partial charge in [0.2, 0.25) is 0 Å². The topological polar surface area (TPSA) is 100 Å². The molecule has 0 amide bonds. The van der Waals surface area contributed by atoms with Crippen LogP contribution in [-0.4, -0.2) is 47.3 Å². The van der Waals surface area contributed by atoms with E-state index in [-0.39, 0.29) is 6.04 Å². The molecule has 0 aliphatic rings. The molecule has 2 aromatic rings. The Bertz CT molecular complexity index is 1200. The highest BCUT2D eigenvalue weighted by Gasteiger charge is 2.15. The Morgan fingerprint density at radius 3 is 2.12 bits per heavy atom. The number of aryl methyl sites for hydroxylation is 3. The number of unbranched alkanes of at least 4 members (excludes halogenated alkanes) is 1. The van der Waals surface area contributed by atoms with Crippen molar-refractivity contribution in [2.45, 2.75) is 92.0 Å². The molecule has 8 heteroatoms. The first-order valence-corrected chi connectivity index (χ1v) is 16.2. The SMILES string of the molecule is C=C(NC(=NC)NCCCCC(NS(=C)(=C)c1ccc(C)cc1)C(=C)CC)c1nc(C)c(N)nc1C.CC.CC. The third kappa shape index (κ3) is 12.0. The fourth-order valence-corrected chi connectivity index (χ4v) is 5.32. The van der Waals surface area contributed by atoms with Gasteiger partial charge in [0.05, 0.1) is 17.1 Å². The van der Waals surface area contributed by atoms with Gasteiger partial charge in [-0.15, -0.1) is 9.39 Å². The molecular weight excluding hydrogens is 514 g/mol. The van der Waals surface area contributed by atoms with Gasteiger partial charge >= 0.3 is 0 Å². The van der Waals surface area contributed by atoms with Gasteiger partial charge in [0.15, 0.2) is 5.96 Å². The van der Waals surface area contributed by atoms with E-state index >= 15 is 0 Å². The van der Waals surface area contributed by atoms with Crippen molar-refractivity contribution in [1.82, 2.24) is 25.3 Å². The molecule has 0 radical (unpaired) electrons. The van der Waals surface area contributed by atoms with E-state index in [0.717, 1.165) is 42.8 Å². The molecule has 1 atom stereocenters. The van der Waals surface area contributed by atoms with E-state index in [2.05, 4.69) is 93.3 Å². The summed E-state index contributed by atoms with van der Waals surface area (Å²) in [6.45, 7) is 25.1. The molecule has 0 bridgehead atoms. The van der Waals surface area contributed by atoms with Crippen molar-refractivity contribution in [3.63, 3.8) is 0 Å². The highest BCUT2D eigenvalue weighted by atomic mass is 32.2. The Balaban J connectivity index is 0.00000363. The summed E-state index contributed by atoms with van der Waals surface area (Å²) in [6.07, 6.45) is 3.89. The minimum Gasteiger partial charge on any atom is -0.382 e. The lowest BCUT2D eigenvalue weighted by Gasteiger charge is -2.27. The molecule has 0 aliphatic heterocycles. The summed E-state index contributed by atoms with van der Waals surface area (Å²) in [5.41, 5.74) is 11.0. The maximum atomic E-state index is 5.85. The molecule has 0 fully saturated rings. The second-order valence-electron chi connectivity index (χ2n) is 9.11. The quantitative estimate of drug-likeness (QED) is 0.0729. The number of rotatable bonds is 12. The minimum atomic E-state index is -1.62. The Hall–Kier alpha value is -3.10. The summed E-state index contributed by atoms with van der Waals surface area (Å²) in [6, 6.07) is 8.65. The monoisotopic (exact) mass is 569 g/mol. The van der Waals surface area contributed by atoms with Crippen LogP contribution in [0.2, 0.25) is 0 Å². The third-order valence-electron chi connectivity index (χ3n) is 6.06. The largest absolute Gasteiger partial charge is 0.382 e. The van der Waals surface area contributed by atoms with E-state index in [0.29, 0.717) is 28.9 Å². The maximum absolute atomic E-state index is 5.85. The third-order valence-corrected chi connectivity index (χ3v) is 7.97. The van der Waals surface area contributed by atoms with Crippen molar-refractivity contribution in [3.05, 3.63) is 65.6 Å². The molecule has 40 heavy (non-hydrogen) atoms. The van der Waals surface area contributed by atoms with Crippen LogP contribution in [0.4, 0.5) is 5.82 Å². The first kappa shape index (κ1) is 36.9. The van der Waals surface area contributed by atoms with Gasteiger partial charge in [-0.05, 0) is 58.6 Å². The molecule has 1 unspecified atom stereocenters. The number of nitrogens with two attached hydrogens (primary N) is 1. The normalized spacial score (nSPS) is 11.8. The molecule has 1 aromatic carbocycles. The van der Waals surface area contributed by atoms with Crippen molar-refractivity contribution >= 4 is 38.6 Å². The second-order valence-corrected chi connectivity index (χ2v) is 11.6. The van der Waals surface area contributed by atoms with Gasteiger partial charge in [0.25, 0.3) is 0 Å². The van der Waals surface area contributed by atoms with Crippen LogP contribution in [0.1, 0.15) is 82.9 Å². The van der Waals surface area contributed by atoms with E-state index in [1.165, 1.54) is 11.1 Å². The average Bonchev–Trinajstić information content (AvgIpc) is 2.95. The van der Waals surface area contributed by atoms with E-state index in [9.17, 15) is 0 Å². The van der Waals surface area contributed by atoms with Crippen LogP contribution in [0, 0.1) is 20.8 Å². The van der Waals surface area contributed by atoms with Crippen molar-refractivity contribution in [2.75, 3.05) is 19.3 Å². The van der Waals surface area contributed by atoms with E-state index in [1.54, 1.807) is 7.05 Å². The fraction of sp³-hybridized carbons (Fsp3) is 0.469. The molecule has 2 rings (SSSR count). The Labute approximate surface area is 245 Å². The number of nitrogens with one attached hydrogen (secondary N) is 3. The van der Waals surface area contributed by atoms with Gasteiger partial charge in [0, 0.05) is 24.5 Å². The molecule has 7 nitrogen and oxygen atoms in total. The number of benzene rings is 1. The summed E-state index contributed by atoms with van der Waals surface area (Å²) < 4.78 is 3.72. The number of aromatic nitrogens is 2. The lowest BCUT2D eigenvalue weighted by atomic mass is 10.0. The lowest BCUT2D eigenvalue weighted by molar-refractivity contribution is 0.575. The van der Waals surface area contributed by atoms with Crippen LogP contribution in [0.3, 0.4) is 0 Å². The molecular formula is C32H55N7S. The maximum Gasteiger partial charge on any atom is 0.195 e. The zero-order valence-corrected chi connectivity index (χ0v) is 27.4. The smallest absolute Gasteiger partial charge is 0.195 e. The molecule has 1 heterocycles. The molecule has 0 aliphatic carbocycles. The molecule has 1 aromatic heterocycles. The van der Waals surface area contributed by atoms with Crippen LogP contribution < -0.4 is 21.1 Å². The minimum absolute atomic E-state index is 0.175. The van der Waals surface area contributed by atoms with Crippen LogP contribution in [-0.2, 0) is 0 Å². The van der Waals surface area contributed by atoms with Gasteiger partial charge in [0.1, 0.15) is 11.5 Å². The Morgan fingerprint density at radius 2 is 1.57 bits per heavy atom. The van der Waals surface area contributed by atoms with E-state index in [4.69, 9.17) is 5.73 Å². The van der Waals surface area contributed by atoms with Gasteiger partial charge in [-0.25, -0.2) is 9.97 Å². The molecule has 0 spiro atoms. The van der Waals surface area contributed by atoms with Gasteiger partial charge < -0.3 is 16.4 Å². The van der Waals surface area contributed by atoms with Crippen molar-refractivity contribution in [1.29, 1.82) is 0 Å². The summed E-state index contributed by atoms with van der Waals surface area (Å²) >= 11 is 0. The number of hydrogen-bond donors (Lipinski definition) is 4. The zero-order chi connectivity index (χ0) is 30.9. The van der Waals surface area contributed by atoms with Gasteiger partial charge in [-0.1, -0.05) is 82.8 Å². The zero-order valence-electron chi connectivity index (χ0n) is 26.6. The standard InChI is InChI=1S/C28H43N7S.2C2H6/c1-10-20(3)25(35-36(8,9)24-16-14-19(2)15-17-24)13-11-12-18-31-28(30-7)34-22(5)26-21(4)33-27(29)23(6)32-26;2*1-2/h14-17,25,35H,3,5,8-13,18H2,1-2,4,6-7H3,(H2,29,33)(H2,30,31,34);2*1-2H3. The number of guanidine groups is 1. The number of nitrogen functional groups attached to an aromatic ring is 1. The average molecular weight is 570 g/mol. The molecule has 224 valence electrons. The number of aliphatic imine (C=N–C) groups is 1. The van der Waals surface area contributed by atoms with Gasteiger partial charge in [-0.2, -0.15) is 0 Å². The molecule has 0 saturated heterocycles. The summed E-state index contributed by atoms with van der Waals surface area (Å²) in [4.78, 5) is 14.3. The fourth-order valence-electron chi connectivity index (χ4n) is 3.70. The molecule has 0 saturated carbocycles. The summed E-state index contributed by atoms with van der Waals surface area (Å²) in [5.74, 6) is 9.94. The highest BCUT2D eigenvalue weighted by molar-refractivity contribution is 8.26. The van der Waals surface area contributed by atoms with Gasteiger partial charge in [-0.3, -0.25) is 9.71 Å². The van der Waals surface area contributed by atoms with Crippen LogP contribution in [0.5, 0.6) is 0 Å². The number of nitrogens with zero attached hydrogens (tertiary/aromatic N) is 3. The first-order valence-electron chi connectivity index (χ1n) is 14.3. The van der Waals surface area contributed by atoms with E-state index in [1.807, 2.05) is 41.5 Å².